The summed E-state index contributed by atoms with van der Waals surface area (Å²) in [6.45, 7) is 0. The summed E-state index contributed by atoms with van der Waals surface area (Å²) in [4.78, 5) is 24.6. The van der Waals surface area contributed by atoms with Crippen molar-refractivity contribution in [3.8, 4) is 11.1 Å². The van der Waals surface area contributed by atoms with Crippen molar-refractivity contribution in [2.45, 2.75) is 18.6 Å². The maximum atomic E-state index is 13.7. The number of carboxylic acids is 1. The normalized spacial score (nSPS) is 11.9. The Morgan fingerprint density at radius 1 is 1.00 bits per heavy atom. The average molecular weight is 485 g/mol. The molecular weight excluding hydrogens is 468 g/mol. The van der Waals surface area contributed by atoms with Crippen molar-refractivity contribution in [1.82, 2.24) is 4.98 Å². The number of nitrogens with two attached hydrogens (primary N) is 2. The molecule has 12 heteroatoms. The third-order valence-electron chi connectivity index (χ3n) is 4.35. The van der Waals surface area contributed by atoms with Gasteiger partial charge >= 0.3 is 12.1 Å². The highest BCUT2D eigenvalue weighted by Gasteiger charge is 2.38. The van der Waals surface area contributed by atoms with Gasteiger partial charge in [-0.15, -0.1) is 0 Å². The van der Waals surface area contributed by atoms with E-state index in [-0.39, 0.29) is 12.0 Å². The monoisotopic (exact) mass is 485 g/mol. The molecular formula is C22H17F6N3O3. The number of carbonyl (C=O) groups is 2. The van der Waals surface area contributed by atoms with E-state index in [4.69, 9.17) is 21.4 Å². The standard InChI is InChI=1S/C20H16F3N3O.C2HF3O2/c21-13-6-11(7-14(22)10-13)8-18(24)19-15(2-1-5-26-19)12-3-4-17(23)16(9-12)20(25)27;3-2(4,5)1(6)7/h1-7,9-10,18H,8,24H2,(H2,25,27);(H,6,7). The number of halogens is 6. The second-order valence-corrected chi connectivity index (χ2v) is 6.89. The molecule has 1 atom stereocenters. The molecule has 1 aromatic heterocycles. The summed E-state index contributed by atoms with van der Waals surface area (Å²) < 4.78 is 72.3. The molecule has 5 N–H and O–H groups in total. The van der Waals surface area contributed by atoms with Crippen LogP contribution in [0.15, 0.2) is 54.7 Å². The van der Waals surface area contributed by atoms with Crippen molar-refractivity contribution in [2.75, 3.05) is 0 Å². The van der Waals surface area contributed by atoms with Gasteiger partial charge in [-0.1, -0.05) is 12.1 Å². The number of hydrogen-bond acceptors (Lipinski definition) is 4. The minimum atomic E-state index is -5.08. The first kappa shape index (κ1) is 26.3. The van der Waals surface area contributed by atoms with Crippen LogP contribution in [0.4, 0.5) is 26.3 Å². The maximum absolute atomic E-state index is 13.7. The number of pyridine rings is 1. The number of aliphatic carboxylic acids is 1. The molecule has 0 saturated carbocycles. The largest absolute Gasteiger partial charge is 0.490 e. The van der Waals surface area contributed by atoms with Crippen LogP contribution in [0.1, 0.15) is 27.7 Å². The lowest BCUT2D eigenvalue weighted by Gasteiger charge is -2.16. The second kappa shape index (κ2) is 10.8. The van der Waals surface area contributed by atoms with Gasteiger partial charge in [0.2, 0.25) is 0 Å². The van der Waals surface area contributed by atoms with Crippen LogP contribution in [0.3, 0.4) is 0 Å². The smallest absolute Gasteiger partial charge is 0.475 e. The van der Waals surface area contributed by atoms with Gasteiger partial charge in [0.05, 0.1) is 17.3 Å². The minimum absolute atomic E-state index is 0.141. The lowest BCUT2D eigenvalue weighted by molar-refractivity contribution is -0.192. The van der Waals surface area contributed by atoms with E-state index in [1.54, 1.807) is 12.1 Å². The van der Waals surface area contributed by atoms with Crippen molar-refractivity contribution < 1.29 is 41.0 Å². The van der Waals surface area contributed by atoms with Gasteiger partial charge in [-0.05, 0) is 47.9 Å². The van der Waals surface area contributed by atoms with Crippen LogP contribution in [-0.4, -0.2) is 28.1 Å². The highest BCUT2D eigenvalue weighted by Crippen LogP contribution is 2.29. The zero-order valence-corrected chi connectivity index (χ0v) is 17.1. The predicted octanol–water partition coefficient (Wildman–Crippen LogP) is 4.14. The van der Waals surface area contributed by atoms with Crippen molar-refractivity contribution in [2.24, 2.45) is 11.5 Å². The molecule has 0 bridgehead atoms. The van der Waals surface area contributed by atoms with Gasteiger partial charge in [-0.3, -0.25) is 9.78 Å². The summed E-state index contributed by atoms with van der Waals surface area (Å²) in [5, 5.41) is 7.12. The first-order valence-electron chi connectivity index (χ1n) is 9.35. The van der Waals surface area contributed by atoms with Gasteiger partial charge in [0.25, 0.3) is 5.91 Å². The van der Waals surface area contributed by atoms with E-state index >= 15 is 0 Å². The average Bonchev–Trinajstić information content (AvgIpc) is 2.73. The van der Waals surface area contributed by atoms with E-state index in [0.29, 0.717) is 22.4 Å². The van der Waals surface area contributed by atoms with Gasteiger partial charge < -0.3 is 16.6 Å². The van der Waals surface area contributed by atoms with Crippen molar-refractivity contribution in [3.05, 3.63) is 89.0 Å². The van der Waals surface area contributed by atoms with E-state index in [2.05, 4.69) is 4.98 Å². The van der Waals surface area contributed by atoms with E-state index in [0.717, 1.165) is 12.1 Å². The molecule has 180 valence electrons. The molecule has 2 aromatic carbocycles. The zero-order valence-electron chi connectivity index (χ0n) is 17.1. The number of aromatic nitrogens is 1. The van der Waals surface area contributed by atoms with Crippen LogP contribution in [0.25, 0.3) is 11.1 Å². The third kappa shape index (κ3) is 7.04. The van der Waals surface area contributed by atoms with Gasteiger partial charge in [-0.25, -0.2) is 18.0 Å². The van der Waals surface area contributed by atoms with Gasteiger partial charge in [0.1, 0.15) is 17.5 Å². The third-order valence-corrected chi connectivity index (χ3v) is 4.35. The Labute approximate surface area is 188 Å². The van der Waals surface area contributed by atoms with Gasteiger partial charge in [0, 0.05) is 17.8 Å². The quantitative estimate of drug-likeness (QED) is 0.470. The number of carboxylic acid groups (broad SMARTS) is 1. The lowest BCUT2D eigenvalue weighted by Crippen LogP contribution is -2.21. The van der Waals surface area contributed by atoms with E-state index < -0.39 is 41.5 Å². The van der Waals surface area contributed by atoms with Crippen LogP contribution in [0.5, 0.6) is 0 Å². The molecule has 0 radical (unpaired) electrons. The fourth-order valence-corrected chi connectivity index (χ4v) is 2.92. The van der Waals surface area contributed by atoms with E-state index in [1.807, 2.05) is 0 Å². The van der Waals surface area contributed by atoms with Crippen molar-refractivity contribution >= 4 is 11.9 Å². The lowest BCUT2D eigenvalue weighted by atomic mass is 9.95. The van der Waals surface area contributed by atoms with Gasteiger partial charge in [0.15, 0.2) is 0 Å². The molecule has 1 unspecified atom stereocenters. The van der Waals surface area contributed by atoms with Crippen LogP contribution >= 0.6 is 0 Å². The Morgan fingerprint density at radius 2 is 1.59 bits per heavy atom. The summed E-state index contributed by atoms with van der Waals surface area (Å²) in [5.74, 6) is -5.76. The summed E-state index contributed by atoms with van der Waals surface area (Å²) in [5.41, 5.74) is 13.1. The number of hydrogen-bond donors (Lipinski definition) is 3. The Balaban J connectivity index is 0.000000509. The molecule has 0 aliphatic heterocycles. The molecule has 34 heavy (non-hydrogen) atoms. The Hall–Kier alpha value is -3.93. The summed E-state index contributed by atoms with van der Waals surface area (Å²) in [7, 11) is 0. The number of rotatable bonds is 5. The highest BCUT2D eigenvalue weighted by atomic mass is 19.4. The molecule has 1 heterocycles. The summed E-state index contributed by atoms with van der Waals surface area (Å²) in [6.07, 6.45) is -3.41. The van der Waals surface area contributed by atoms with Crippen LogP contribution < -0.4 is 11.5 Å². The van der Waals surface area contributed by atoms with Crippen LogP contribution in [0, 0.1) is 17.5 Å². The second-order valence-electron chi connectivity index (χ2n) is 6.89. The van der Waals surface area contributed by atoms with Gasteiger partial charge in [-0.2, -0.15) is 13.2 Å². The molecule has 3 aromatic rings. The number of alkyl halides is 3. The molecule has 0 fully saturated rings. The van der Waals surface area contributed by atoms with Crippen LogP contribution in [-0.2, 0) is 11.2 Å². The summed E-state index contributed by atoms with van der Waals surface area (Å²) >= 11 is 0. The fourth-order valence-electron chi connectivity index (χ4n) is 2.92. The van der Waals surface area contributed by atoms with Crippen molar-refractivity contribution in [1.29, 1.82) is 0 Å². The first-order chi connectivity index (χ1) is 15.8. The Morgan fingerprint density at radius 3 is 2.12 bits per heavy atom. The minimum Gasteiger partial charge on any atom is -0.475 e. The number of nitrogens with zero attached hydrogens (tertiary/aromatic N) is 1. The number of amides is 1. The SMILES string of the molecule is NC(=O)c1cc(-c2cccnc2C(N)Cc2cc(F)cc(F)c2)ccc1F.O=C(O)C(F)(F)F. The van der Waals surface area contributed by atoms with Crippen LogP contribution in [0.2, 0.25) is 0 Å². The molecule has 1 amide bonds. The summed E-state index contributed by atoms with van der Waals surface area (Å²) in [6, 6.07) is 9.84. The number of primary amides is 1. The molecule has 0 saturated heterocycles. The highest BCUT2D eigenvalue weighted by molar-refractivity contribution is 5.94. The van der Waals surface area contributed by atoms with E-state index in [9.17, 15) is 31.1 Å². The molecule has 0 aliphatic carbocycles. The molecule has 0 aliphatic rings. The molecule has 0 spiro atoms. The van der Waals surface area contributed by atoms with Crippen molar-refractivity contribution in [3.63, 3.8) is 0 Å². The number of benzene rings is 2. The Bertz CT molecular complexity index is 1180. The topological polar surface area (TPSA) is 119 Å². The zero-order chi connectivity index (χ0) is 25.6. The maximum Gasteiger partial charge on any atom is 0.490 e. The predicted molar refractivity (Wildman–Crippen MR) is 109 cm³/mol. The fraction of sp³-hybridized carbons (Fsp3) is 0.136. The Kier molecular flexibility index (Phi) is 8.36. The molecule has 3 rings (SSSR count). The first-order valence-corrected chi connectivity index (χ1v) is 9.35. The van der Waals surface area contributed by atoms with E-state index in [1.165, 1.54) is 30.5 Å². The number of carbonyl (C=O) groups excluding carboxylic acids is 1. The molecule has 6 nitrogen and oxygen atoms in total.